The molecule has 0 bridgehead atoms. The van der Waals surface area contributed by atoms with E-state index < -0.39 is 0 Å². The summed E-state index contributed by atoms with van der Waals surface area (Å²) >= 11 is 0. The van der Waals surface area contributed by atoms with Crippen molar-refractivity contribution in [1.82, 2.24) is 10.2 Å². The van der Waals surface area contributed by atoms with Gasteiger partial charge in [-0.15, -0.1) is 0 Å². The zero-order valence-electron chi connectivity index (χ0n) is 10.6. The topological polar surface area (TPSA) is 41.3 Å². The van der Waals surface area contributed by atoms with Crippen LogP contribution in [0.15, 0.2) is 0 Å². The molecule has 2 atom stereocenters. The highest BCUT2D eigenvalue weighted by Gasteiger charge is 2.33. The summed E-state index contributed by atoms with van der Waals surface area (Å²) in [5.41, 5.74) is 5.73. The fraction of sp³-hybridized carbons (Fsp3) is 1.00. The zero-order valence-corrected chi connectivity index (χ0v) is 10.6. The van der Waals surface area contributed by atoms with Crippen LogP contribution in [0.5, 0.6) is 0 Å². The van der Waals surface area contributed by atoms with Gasteiger partial charge in [-0.05, 0) is 45.6 Å². The maximum Gasteiger partial charge on any atom is 0.0207 e. The zero-order chi connectivity index (χ0) is 11.4. The Morgan fingerprint density at radius 2 is 2.12 bits per heavy atom. The third-order valence-electron chi connectivity index (χ3n) is 3.80. The van der Waals surface area contributed by atoms with Gasteiger partial charge in [0.1, 0.15) is 0 Å². The molecule has 2 rings (SSSR count). The Labute approximate surface area is 99.8 Å². The van der Waals surface area contributed by atoms with E-state index in [2.05, 4.69) is 17.1 Å². The summed E-state index contributed by atoms with van der Waals surface area (Å²) in [5.74, 6) is 0. The molecule has 1 heterocycles. The van der Waals surface area contributed by atoms with E-state index in [9.17, 15) is 0 Å². The van der Waals surface area contributed by atoms with Crippen molar-refractivity contribution in [3.63, 3.8) is 0 Å². The molecule has 2 aliphatic rings. The number of rotatable bonds is 7. The lowest BCUT2D eigenvalue weighted by molar-refractivity contribution is 0.317. The Hall–Kier alpha value is -0.120. The molecule has 1 aliphatic carbocycles. The molecule has 0 radical (unpaired) electrons. The van der Waals surface area contributed by atoms with Gasteiger partial charge in [0.15, 0.2) is 0 Å². The van der Waals surface area contributed by atoms with E-state index in [1.54, 1.807) is 0 Å². The maximum atomic E-state index is 5.73. The average Bonchev–Trinajstić information content (AvgIpc) is 2.99. The summed E-state index contributed by atoms with van der Waals surface area (Å²) in [6, 6.07) is 2.08. The molecule has 1 aliphatic heterocycles. The van der Waals surface area contributed by atoms with Crippen LogP contribution < -0.4 is 11.1 Å². The first-order valence-corrected chi connectivity index (χ1v) is 6.98. The molecule has 3 nitrogen and oxygen atoms in total. The van der Waals surface area contributed by atoms with Crippen LogP contribution in [0, 0.1) is 0 Å². The Balaban J connectivity index is 1.47. The van der Waals surface area contributed by atoms with Crippen LogP contribution >= 0.6 is 0 Å². The van der Waals surface area contributed by atoms with Gasteiger partial charge in [-0.3, -0.25) is 4.90 Å². The summed E-state index contributed by atoms with van der Waals surface area (Å²) in [7, 11) is 0. The number of nitrogens with two attached hydrogens (primary N) is 1. The minimum Gasteiger partial charge on any atom is -0.328 e. The van der Waals surface area contributed by atoms with Crippen molar-refractivity contribution < 1.29 is 0 Å². The number of unbranched alkanes of at least 4 members (excludes halogenated alkanes) is 1. The minimum atomic E-state index is 0.372. The molecule has 16 heavy (non-hydrogen) atoms. The monoisotopic (exact) mass is 225 g/mol. The van der Waals surface area contributed by atoms with Crippen LogP contribution in [0.2, 0.25) is 0 Å². The third-order valence-corrected chi connectivity index (χ3v) is 3.80. The molecule has 0 aromatic rings. The number of likely N-dealkylation sites (tertiary alicyclic amines) is 1. The second-order valence-electron chi connectivity index (χ2n) is 5.64. The predicted molar refractivity (Wildman–Crippen MR) is 68.5 cm³/mol. The number of nitrogens with one attached hydrogen (secondary N) is 1. The van der Waals surface area contributed by atoms with Gasteiger partial charge >= 0.3 is 0 Å². The van der Waals surface area contributed by atoms with Crippen molar-refractivity contribution in [3.8, 4) is 0 Å². The van der Waals surface area contributed by atoms with Crippen molar-refractivity contribution in [2.45, 2.75) is 63.6 Å². The Morgan fingerprint density at radius 1 is 1.31 bits per heavy atom. The van der Waals surface area contributed by atoms with E-state index in [4.69, 9.17) is 5.73 Å². The largest absolute Gasteiger partial charge is 0.328 e. The summed E-state index contributed by atoms with van der Waals surface area (Å²) in [6.45, 7) is 5.88. The van der Waals surface area contributed by atoms with Crippen LogP contribution in [0.25, 0.3) is 0 Å². The normalized spacial score (nSPS) is 28.5. The van der Waals surface area contributed by atoms with Gasteiger partial charge in [0.25, 0.3) is 0 Å². The molecule has 1 saturated carbocycles. The lowest BCUT2D eigenvalue weighted by Gasteiger charge is -2.15. The van der Waals surface area contributed by atoms with E-state index in [1.807, 2.05) is 0 Å². The van der Waals surface area contributed by atoms with Crippen molar-refractivity contribution in [2.75, 3.05) is 19.6 Å². The molecule has 0 spiro atoms. The van der Waals surface area contributed by atoms with Crippen LogP contribution in [0.3, 0.4) is 0 Å². The van der Waals surface area contributed by atoms with Crippen LogP contribution in [0.1, 0.15) is 45.4 Å². The first kappa shape index (κ1) is 12.3. The Kier molecular flexibility index (Phi) is 4.62. The van der Waals surface area contributed by atoms with Crippen LogP contribution in [0.4, 0.5) is 0 Å². The Bertz CT molecular complexity index is 201. The van der Waals surface area contributed by atoms with Gasteiger partial charge in [-0.2, -0.15) is 0 Å². The molecule has 1 saturated heterocycles. The summed E-state index contributed by atoms with van der Waals surface area (Å²) in [4.78, 5) is 2.67. The van der Waals surface area contributed by atoms with Gasteiger partial charge in [-0.1, -0.05) is 6.42 Å². The highest BCUT2D eigenvalue weighted by Crippen LogP contribution is 2.29. The van der Waals surface area contributed by atoms with Gasteiger partial charge in [0.05, 0.1) is 0 Å². The van der Waals surface area contributed by atoms with Gasteiger partial charge < -0.3 is 11.1 Å². The maximum absolute atomic E-state index is 5.73. The minimum absolute atomic E-state index is 0.372. The quantitative estimate of drug-likeness (QED) is 0.642. The van der Waals surface area contributed by atoms with Crippen molar-refractivity contribution >= 4 is 0 Å². The number of hydrogen-bond acceptors (Lipinski definition) is 3. The summed E-state index contributed by atoms with van der Waals surface area (Å²) < 4.78 is 0. The summed E-state index contributed by atoms with van der Waals surface area (Å²) in [6.07, 6.45) is 7.96. The molecular formula is C13H27N3. The smallest absolute Gasteiger partial charge is 0.0207 e. The lowest BCUT2D eigenvalue weighted by atomic mass is 10.1. The summed E-state index contributed by atoms with van der Waals surface area (Å²) in [5, 5.41) is 3.69. The SMILES string of the molecule is CC(N)CCCCNC1CCN(C2CC2)C1. The molecule has 0 amide bonds. The van der Waals surface area contributed by atoms with Gasteiger partial charge in [-0.25, -0.2) is 0 Å². The second-order valence-corrected chi connectivity index (χ2v) is 5.64. The van der Waals surface area contributed by atoms with Crippen LogP contribution in [-0.2, 0) is 0 Å². The number of nitrogens with zero attached hydrogens (tertiary/aromatic N) is 1. The van der Waals surface area contributed by atoms with Gasteiger partial charge in [0.2, 0.25) is 0 Å². The van der Waals surface area contributed by atoms with Gasteiger partial charge in [0, 0.05) is 31.2 Å². The van der Waals surface area contributed by atoms with E-state index >= 15 is 0 Å². The second kappa shape index (κ2) is 5.99. The fourth-order valence-electron chi connectivity index (χ4n) is 2.62. The molecule has 2 fully saturated rings. The molecule has 94 valence electrons. The lowest BCUT2D eigenvalue weighted by Crippen LogP contribution is -2.33. The van der Waals surface area contributed by atoms with Crippen molar-refractivity contribution in [2.24, 2.45) is 5.73 Å². The third kappa shape index (κ3) is 4.04. The first-order valence-electron chi connectivity index (χ1n) is 6.98. The standard InChI is InChI=1S/C13H27N3/c1-11(14)4-2-3-8-15-12-7-9-16(10-12)13-5-6-13/h11-13,15H,2-10,14H2,1H3. The van der Waals surface area contributed by atoms with Crippen molar-refractivity contribution in [1.29, 1.82) is 0 Å². The average molecular weight is 225 g/mol. The molecule has 0 aromatic carbocycles. The molecular weight excluding hydrogens is 198 g/mol. The fourth-order valence-corrected chi connectivity index (χ4v) is 2.62. The highest BCUT2D eigenvalue weighted by molar-refractivity contribution is 4.91. The van der Waals surface area contributed by atoms with E-state index in [0.29, 0.717) is 6.04 Å². The van der Waals surface area contributed by atoms with E-state index in [0.717, 1.165) is 12.1 Å². The predicted octanol–water partition coefficient (Wildman–Crippen LogP) is 1.33. The van der Waals surface area contributed by atoms with Crippen LogP contribution in [-0.4, -0.2) is 42.7 Å². The molecule has 3 heteroatoms. The number of hydrogen-bond donors (Lipinski definition) is 2. The van der Waals surface area contributed by atoms with Crippen molar-refractivity contribution in [3.05, 3.63) is 0 Å². The molecule has 3 N–H and O–H groups in total. The Morgan fingerprint density at radius 3 is 2.81 bits per heavy atom. The van der Waals surface area contributed by atoms with E-state index in [-0.39, 0.29) is 0 Å². The molecule has 2 unspecified atom stereocenters. The van der Waals surface area contributed by atoms with E-state index in [1.165, 1.54) is 58.2 Å². The molecule has 0 aromatic heterocycles. The highest BCUT2D eigenvalue weighted by atomic mass is 15.2. The first-order chi connectivity index (χ1) is 7.75.